The molecule has 28 heavy (non-hydrogen) atoms. The van der Waals surface area contributed by atoms with Crippen LogP contribution in [0.25, 0.3) is 0 Å². The van der Waals surface area contributed by atoms with E-state index in [2.05, 4.69) is 44.1 Å². The molecule has 153 valence electrons. The summed E-state index contributed by atoms with van der Waals surface area (Å²) >= 11 is 0. The summed E-state index contributed by atoms with van der Waals surface area (Å²) in [6.45, 7) is 10.7. The van der Waals surface area contributed by atoms with Crippen molar-refractivity contribution in [2.45, 2.75) is 66.2 Å². The van der Waals surface area contributed by atoms with E-state index < -0.39 is 0 Å². The number of hydrogen-bond acceptors (Lipinski definition) is 3. The predicted molar refractivity (Wildman–Crippen MR) is 107 cm³/mol. The van der Waals surface area contributed by atoms with Crippen molar-refractivity contribution in [1.82, 2.24) is 0 Å². The van der Waals surface area contributed by atoms with E-state index in [4.69, 9.17) is 4.79 Å². The van der Waals surface area contributed by atoms with Crippen LogP contribution < -0.4 is 0 Å². The van der Waals surface area contributed by atoms with E-state index in [1.165, 1.54) is 37.7 Å². The van der Waals surface area contributed by atoms with Gasteiger partial charge in [-0.15, -0.1) is 0 Å². The van der Waals surface area contributed by atoms with Gasteiger partial charge in [0, 0.05) is 45.7 Å². The molecule has 4 heteroatoms. The van der Waals surface area contributed by atoms with Crippen LogP contribution in [0.3, 0.4) is 0 Å². The maximum Gasteiger partial charge on any atom is 0.156 e. The molecule has 0 aliphatic heterocycles. The van der Waals surface area contributed by atoms with Gasteiger partial charge in [0.1, 0.15) is 0 Å². The quantitative estimate of drug-likeness (QED) is 0.544. The molecule has 4 aliphatic carbocycles. The van der Waals surface area contributed by atoms with Crippen LogP contribution in [0, 0.1) is 40.9 Å². The second-order valence-corrected chi connectivity index (χ2v) is 9.21. The number of ether oxygens (including phenoxy) is 1. The molecule has 3 nitrogen and oxygen atoms in total. The molecule has 0 aromatic rings. The van der Waals surface area contributed by atoms with E-state index in [-0.39, 0.29) is 38.1 Å². The first-order chi connectivity index (χ1) is 12.9. The average Bonchev–Trinajstić information content (AvgIpc) is 3.00. The van der Waals surface area contributed by atoms with Gasteiger partial charge in [0.15, 0.2) is 5.78 Å². The van der Waals surface area contributed by atoms with Crippen LogP contribution >= 0.6 is 0 Å². The van der Waals surface area contributed by atoms with Gasteiger partial charge in [-0.3, -0.25) is 4.79 Å². The summed E-state index contributed by atoms with van der Waals surface area (Å²) in [5.41, 5.74) is 2.09. The zero-order valence-electron chi connectivity index (χ0n) is 17.9. The van der Waals surface area contributed by atoms with E-state index in [0.29, 0.717) is 17.8 Å². The Hall–Kier alpha value is -0.276. The summed E-state index contributed by atoms with van der Waals surface area (Å²) in [6, 6.07) is 0. The third kappa shape index (κ3) is 4.13. The molecular weight excluding hydrogens is 425 g/mol. The van der Waals surface area contributed by atoms with Crippen LogP contribution in [0.4, 0.5) is 0 Å². The van der Waals surface area contributed by atoms with Gasteiger partial charge < -0.3 is 16.0 Å². The summed E-state index contributed by atoms with van der Waals surface area (Å²) in [4.78, 5) is 20.9. The summed E-state index contributed by atoms with van der Waals surface area (Å²) < 4.78 is 4.03. The fourth-order valence-electron chi connectivity index (χ4n) is 6.64. The number of ketones is 1. The Kier molecular flexibility index (Phi) is 8.30. The largest absolute Gasteiger partial charge is 0.653 e. The Balaban J connectivity index is 0.000000420. The first-order valence-corrected chi connectivity index (χ1v) is 10.6. The molecule has 0 heterocycles. The number of rotatable bonds is 3. The number of carbonyl (C=O) groups is 1. The van der Waals surface area contributed by atoms with Crippen molar-refractivity contribution in [3.05, 3.63) is 30.2 Å². The van der Waals surface area contributed by atoms with Crippen LogP contribution in [-0.2, 0) is 47.0 Å². The first kappa shape index (κ1) is 24.0. The van der Waals surface area contributed by atoms with Crippen LogP contribution in [0.2, 0.25) is 0 Å². The molecule has 0 amide bonds. The third-order valence-corrected chi connectivity index (χ3v) is 8.19. The molecule has 0 spiro atoms. The number of carbonyl (C=O) groups excluding carboxylic acids is 2. The van der Waals surface area contributed by atoms with Crippen molar-refractivity contribution in [1.29, 1.82) is 0 Å². The maximum atomic E-state index is 11.8. The van der Waals surface area contributed by atoms with E-state index in [1.807, 2.05) is 6.08 Å². The van der Waals surface area contributed by atoms with Gasteiger partial charge in [-0.1, -0.05) is 50.7 Å². The molecule has 0 aromatic heterocycles. The molecule has 4 aliphatic rings. The number of allylic oxidation sites excluding steroid dienone is 4. The van der Waals surface area contributed by atoms with Gasteiger partial charge in [-0.25, -0.2) is 0 Å². The number of fused-ring (bicyclic) bond motifs is 5. The molecule has 2 fully saturated rings. The molecule has 4 rings (SSSR count). The first-order valence-electron chi connectivity index (χ1n) is 10.6. The Morgan fingerprint density at radius 3 is 2.57 bits per heavy atom. The monoisotopic (exact) mass is 459 g/mol. The van der Waals surface area contributed by atoms with Crippen LogP contribution in [0.5, 0.6) is 0 Å². The molecule has 0 bridgehead atoms. The second-order valence-electron chi connectivity index (χ2n) is 9.21. The SMILES string of the molecule is CCO[C-]=O.C[CH-][C@H]1CCC2C3C=CC4=CC(=O)CC[C@]4(C)C3CC[C@@]21C.[Y]. The fraction of sp³-hybridized carbons (Fsp3) is 0.708. The van der Waals surface area contributed by atoms with Crippen LogP contribution in [0.15, 0.2) is 23.8 Å². The summed E-state index contributed by atoms with van der Waals surface area (Å²) in [6.07, 6.45) is 16.5. The Morgan fingerprint density at radius 1 is 1.21 bits per heavy atom. The van der Waals surface area contributed by atoms with Crippen molar-refractivity contribution < 1.29 is 47.0 Å². The standard InChI is InChI=1S/C21H29O.C3H5O2.Y/c1-4-14-6-8-18-17-7-5-15-13-16(22)9-11-21(15,3)19(17)10-12-20(14,18)2;1-2-5-3-4;/h4-5,7,13-14,17-19H,6,8-12H2,1-3H3;2H2,1H3;/q2*-1;/t14-,17?,18?,19?,20+,21-;;/m0../s1. The van der Waals surface area contributed by atoms with Crippen molar-refractivity contribution in [2.24, 2.45) is 34.5 Å². The number of hydrogen-bond donors (Lipinski definition) is 0. The van der Waals surface area contributed by atoms with Crippen molar-refractivity contribution >= 4 is 12.3 Å². The second kappa shape index (κ2) is 9.69. The Labute approximate surface area is 196 Å². The van der Waals surface area contributed by atoms with Gasteiger partial charge >= 0.3 is 0 Å². The molecule has 2 saturated carbocycles. The maximum absolute atomic E-state index is 11.8. The van der Waals surface area contributed by atoms with Gasteiger partial charge in [0.05, 0.1) is 0 Å². The Morgan fingerprint density at radius 2 is 1.96 bits per heavy atom. The molecule has 0 N–H and O–H groups in total. The normalized spacial score (nSPS) is 40.6. The van der Waals surface area contributed by atoms with Gasteiger partial charge in [0.25, 0.3) is 0 Å². The molecule has 6 atom stereocenters. The van der Waals surface area contributed by atoms with Crippen LogP contribution in [-0.4, -0.2) is 18.9 Å². The average molecular weight is 459 g/mol. The van der Waals surface area contributed by atoms with Crippen molar-refractivity contribution in [2.75, 3.05) is 6.61 Å². The van der Waals surface area contributed by atoms with E-state index in [0.717, 1.165) is 36.5 Å². The van der Waals surface area contributed by atoms with E-state index >= 15 is 0 Å². The molecule has 1 radical (unpaired) electrons. The summed E-state index contributed by atoms with van der Waals surface area (Å²) in [7, 11) is 0. The molecule has 0 saturated heterocycles. The van der Waals surface area contributed by atoms with E-state index in [9.17, 15) is 4.79 Å². The van der Waals surface area contributed by atoms with E-state index in [1.54, 1.807) is 6.92 Å². The smallest absolute Gasteiger partial charge is 0.156 e. The third-order valence-electron chi connectivity index (χ3n) is 8.19. The fourth-order valence-corrected chi connectivity index (χ4v) is 6.64. The van der Waals surface area contributed by atoms with Crippen molar-refractivity contribution in [3.63, 3.8) is 0 Å². The minimum absolute atomic E-state index is 0. The topological polar surface area (TPSA) is 43.4 Å². The summed E-state index contributed by atoms with van der Waals surface area (Å²) in [5.74, 6) is 3.48. The zero-order chi connectivity index (χ0) is 19.7. The zero-order valence-corrected chi connectivity index (χ0v) is 20.7. The van der Waals surface area contributed by atoms with Crippen molar-refractivity contribution in [3.8, 4) is 0 Å². The van der Waals surface area contributed by atoms with Gasteiger partial charge in [0.2, 0.25) is 0 Å². The predicted octanol–water partition coefficient (Wildman–Crippen LogP) is 5.22. The molecule has 3 unspecified atom stereocenters. The Bertz CT molecular complexity index is 640. The van der Waals surface area contributed by atoms with Gasteiger partial charge in [-0.2, -0.15) is 12.8 Å². The summed E-state index contributed by atoms with van der Waals surface area (Å²) in [5, 5.41) is 0. The molecular formula is C24H34O3Y-2. The minimum atomic E-state index is 0. The van der Waals surface area contributed by atoms with Gasteiger partial charge in [-0.05, 0) is 61.0 Å². The minimum Gasteiger partial charge on any atom is -0.653 e. The van der Waals surface area contributed by atoms with Crippen LogP contribution in [0.1, 0.15) is 66.2 Å². The molecule has 0 aromatic carbocycles.